The molecule has 7 nitrogen and oxygen atoms in total. The predicted molar refractivity (Wildman–Crippen MR) is 129 cm³/mol. The smallest absolute Gasteiger partial charge is 0.266 e. The molecule has 2 aliphatic heterocycles. The molecule has 0 saturated carbocycles. The summed E-state index contributed by atoms with van der Waals surface area (Å²) in [5.74, 6) is -0.208. The number of para-hydroxylation sites is 1. The lowest BCUT2D eigenvalue weighted by Gasteiger charge is -2.20. The molecule has 0 radical (unpaired) electrons. The quantitative estimate of drug-likeness (QED) is 0.417. The van der Waals surface area contributed by atoms with Gasteiger partial charge in [-0.2, -0.15) is 5.10 Å². The second kappa shape index (κ2) is 8.27. The number of rotatable bonds is 4. The number of hydrogen-bond donors (Lipinski definition) is 0. The molecule has 5 rings (SSSR count). The van der Waals surface area contributed by atoms with E-state index in [2.05, 4.69) is 4.98 Å². The molecule has 0 bridgehead atoms. The summed E-state index contributed by atoms with van der Waals surface area (Å²) in [5.41, 5.74) is 3.24. The average molecular weight is 483 g/mol. The van der Waals surface area contributed by atoms with Gasteiger partial charge in [-0.05, 0) is 36.8 Å². The molecule has 2 aromatic heterocycles. The van der Waals surface area contributed by atoms with Gasteiger partial charge < -0.3 is 0 Å². The highest BCUT2D eigenvalue weighted by atomic mass is 32.2. The SMILES string of the molecule is O=C1/C(=C/c2cn(-c3ccccc3)nc2-c2ccncc2)SC(=S)N1C1CCS(=O)(=O)C1. The summed E-state index contributed by atoms with van der Waals surface area (Å²) in [4.78, 5) is 19.2. The van der Waals surface area contributed by atoms with Gasteiger partial charge in [-0.3, -0.25) is 14.7 Å². The lowest BCUT2D eigenvalue weighted by atomic mass is 10.1. The third-order valence-electron chi connectivity index (χ3n) is 5.40. The van der Waals surface area contributed by atoms with Crippen molar-refractivity contribution in [1.29, 1.82) is 0 Å². The first kappa shape index (κ1) is 21.0. The molecule has 32 heavy (non-hydrogen) atoms. The van der Waals surface area contributed by atoms with Crippen LogP contribution in [0.1, 0.15) is 12.0 Å². The molecule has 2 aliphatic rings. The van der Waals surface area contributed by atoms with Crippen LogP contribution in [0.2, 0.25) is 0 Å². The molecule has 10 heteroatoms. The van der Waals surface area contributed by atoms with Crippen LogP contribution in [-0.4, -0.2) is 55.9 Å². The van der Waals surface area contributed by atoms with Crippen molar-refractivity contribution in [3.63, 3.8) is 0 Å². The molecule has 0 aliphatic carbocycles. The summed E-state index contributed by atoms with van der Waals surface area (Å²) in [6, 6.07) is 13.0. The zero-order valence-electron chi connectivity index (χ0n) is 16.8. The van der Waals surface area contributed by atoms with Crippen LogP contribution in [0, 0.1) is 0 Å². The minimum absolute atomic E-state index is 0.0407. The second-order valence-electron chi connectivity index (χ2n) is 7.56. The van der Waals surface area contributed by atoms with Crippen molar-refractivity contribution < 1.29 is 13.2 Å². The predicted octanol–water partition coefficient (Wildman–Crippen LogP) is 3.32. The monoisotopic (exact) mass is 482 g/mol. The maximum Gasteiger partial charge on any atom is 0.266 e. The first-order valence-corrected chi connectivity index (χ1v) is 13.0. The van der Waals surface area contributed by atoms with E-state index in [4.69, 9.17) is 17.3 Å². The molecule has 0 N–H and O–H groups in total. The van der Waals surface area contributed by atoms with Gasteiger partial charge in [0, 0.05) is 29.7 Å². The fourth-order valence-corrected chi connectivity index (χ4v) is 6.95. The van der Waals surface area contributed by atoms with Gasteiger partial charge in [-0.25, -0.2) is 13.1 Å². The fourth-order valence-electron chi connectivity index (χ4n) is 3.85. The summed E-state index contributed by atoms with van der Waals surface area (Å²) >= 11 is 6.63. The molecule has 2 saturated heterocycles. The molecule has 4 heterocycles. The highest BCUT2D eigenvalue weighted by Gasteiger charge is 2.42. The van der Waals surface area contributed by atoms with E-state index < -0.39 is 15.9 Å². The Kier molecular flexibility index (Phi) is 5.44. The number of aromatic nitrogens is 3. The number of thioether (sulfide) groups is 1. The Morgan fingerprint density at radius 3 is 2.56 bits per heavy atom. The van der Waals surface area contributed by atoms with Crippen LogP contribution in [0.3, 0.4) is 0 Å². The number of amides is 1. The minimum Gasteiger partial charge on any atom is -0.289 e. The fraction of sp³-hybridized carbons (Fsp3) is 0.182. The van der Waals surface area contributed by atoms with Crippen molar-refractivity contribution in [1.82, 2.24) is 19.7 Å². The number of thiocarbonyl (C=S) groups is 1. The first-order chi connectivity index (χ1) is 15.4. The molecule has 1 aromatic carbocycles. The lowest BCUT2D eigenvalue weighted by molar-refractivity contribution is -0.123. The van der Waals surface area contributed by atoms with Gasteiger partial charge in [0.2, 0.25) is 0 Å². The number of pyridine rings is 1. The van der Waals surface area contributed by atoms with Gasteiger partial charge in [-0.1, -0.05) is 42.2 Å². The van der Waals surface area contributed by atoms with Crippen LogP contribution in [0.5, 0.6) is 0 Å². The Bertz CT molecular complexity index is 1340. The molecule has 2 fully saturated rings. The van der Waals surface area contributed by atoms with Gasteiger partial charge >= 0.3 is 0 Å². The highest BCUT2D eigenvalue weighted by molar-refractivity contribution is 8.26. The van der Waals surface area contributed by atoms with E-state index in [1.54, 1.807) is 23.2 Å². The summed E-state index contributed by atoms with van der Waals surface area (Å²) in [7, 11) is -3.13. The maximum absolute atomic E-state index is 13.2. The zero-order valence-corrected chi connectivity index (χ0v) is 19.2. The number of sulfone groups is 1. The van der Waals surface area contributed by atoms with Crippen LogP contribution in [0.25, 0.3) is 23.0 Å². The molecule has 3 aromatic rings. The summed E-state index contributed by atoms with van der Waals surface area (Å²) in [6.07, 6.45) is 7.46. The maximum atomic E-state index is 13.2. The number of benzene rings is 1. The third-order valence-corrected chi connectivity index (χ3v) is 8.48. The molecule has 162 valence electrons. The largest absolute Gasteiger partial charge is 0.289 e. The highest BCUT2D eigenvalue weighted by Crippen LogP contribution is 2.37. The van der Waals surface area contributed by atoms with Gasteiger partial charge in [0.1, 0.15) is 10.0 Å². The topological polar surface area (TPSA) is 85.2 Å². The van der Waals surface area contributed by atoms with Gasteiger partial charge in [0.25, 0.3) is 5.91 Å². The zero-order chi connectivity index (χ0) is 22.3. The van der Waals surface area contributed by atoms with Crippen LogP contribution in [0.15, 0.2) is 66.0 Å². The van der Waals surface area contributed by atoms with Crippen molar-refractivity contribution in [2.24, 2.45) is 0 Å². The first-order valence-electron chi connectivity index (χ1n) is 9.94. The van der Waals surface area contributed by atoms with Crippen LogP contribution in [0.4, 0.5) is 0 Å². The number of hydrogen-bond acceptors (Lipinski definition) is 7. The van der Waals surface area contributed by atoms with Crippen molar-refractivity contribution >= 4 is 50.1 Å². The summed E-state index contributed by atoms with van der Waals surface area (Å²) in [5, 5.41) is 4.75. The van der Waals surface area contributed by atoms with Crippen LogP contribution >= 0.6 is 24.0 Å². The van der Waals surface area contributed by atoms with Crippen molar-refractivity contribution in [3.05, 3.63) is 71.5 Å². The van der Waals surface area contributed by atoms with Crippen molar-refractivity contribution in [3.8, 4) is 16.9 Å². The summed E-state index contributed by atoms with van der Waals surface area (Å²) < 4.78 is 26.0. The normalized spacial score (nSPS) is 21.6. The Morgan fingerprint density at radius 2 is 1.88 bits per heavy atom. The molecule has 1 amide bonds. The van der Waals surface area contributed by atoms with E-state index in [1.807, 2.05) is 48.7 Å². The van der Waals surface area contributed by atoms with E-state index >= 15 is 0 Å². The van der Waals surface area contributed by atoms with E-state index in [9.17, 15) is 13.2 Å². The van der Waals surface area contributed by atoms with Crippen molar-refractivity contribution in [2.45, 2.75) is 12.5 Å². The van der Waals surface area contributed by atoms with Crippen LogP contribution in [-0.2, 0) is 14.6 Å². The van der Waals surface area contributed by atoms with E-state index in [-0.39, 0.29) is 17.4 Å². The number of carbonyl (C=O) groups is 1. The summed E-state index contributed by atoms with van der Waals surface area (Å²) in [6.45, 7) is 0. The standard InChI is InChI=1S/C22H18N4O3S3/c27-21-19(31-22(30)26(21)18-8-11-32(28,29)14-18)12-16-13-25(17-4-2-1-3-5-17)24-20(16)15-6-9-23-10-7-15/h1-7,9-10,12-13,18H,8,11,14H2/b19-12-. The Hall–Kier alpha value is -2.82. The van der Waals surface area contributed by atoms with E-state index in [0.29, 0.717) is 21.3 Å². The van der Waals surface area contributed by atoms with Crippen molar-refractivity contribution in [2.75, 3.05) is 11.5 Å². The van der Waals surface area contributed by atoms with Gasteiger partial charge in [0.15, 0.2) is 9.84 Å². The van der Waals surface area contributed by atoms with E-state index in [0.717, 1.165) is 16.8 Å². The van der Waals surface area contributed by atoms with Gasteiger partial charge in [0.05, 0.1) is 28.1 Å². The number of carbonyl (C=O) groups excluding carboxylic acids is 1. The molecule has 0 spiro atoms. The molecule has 1 atom stereocenters. The number of nitrogens with zero attached hydrogens (tertiary/aromatic N) is 4. The Labute approximate surface area is 195 Å². The Morgan fingerprint density at radius 1 is 1.12 bits per heavy atom. The average Bonchev–Trinajstić information content (AvgIpc) is 3.45. The lowest BCUT2D eigenvalue weighted by Crippen LogP contribution is -2.39. The Balaban J connectivity index is 1.54. The minimum atomic E-state index is -3.13. The third kappa shape index (κ3) is 4.01. The second-order valence-corrected chi connectivity index (χ2v) is 11.5. The molecular formula is C22H18N4O3S3. The van der Waals surface area contributed by atoms with Gasteiger partial charge in [-0.15, -0.1) is 0 Å². The van der Waals surface area contributed by atoms with Crippen LogP contribution < -0.4 is 0 Å². The van der Waals surface area contributed by atoms with E-state index in [1.165, 1.54) is 16.7 Å². The molecule has 1 unspecified atom stereocenters. The molecular weight excluding hydrogens is 464 g/mol.